The molecule has 1 fully saturated rings. The van der Waals surface area contributed by atoms with Crippen molar-refractivity contribution in [3.8, 4) is 0 Å². The van der Waals surface area contributed by atoms with Crippen molar-refractivity contribution >= 4 is 17.5 Å². The lowest BCUT2D eigenvalue weighted by Gasteiger charge is -2.32. The van der Waals surface area contributed by atoms with Gasteiger partial charge in [0, 0.05) is 29.9 Å². The number of hydrogen-bond donors (Lipinski definition) is 2. The molecule has 0 bridgehead atoms. The van der Waals surface area contributed by atoms with E-state index in [0.29, 0.717) is 12.6 Å². The summed E-state index contributed by atoms with van der Waals surface area (Å²) in [6.45, 7) is 5.17. The molecule has 0 atom stereocenters. The van der Waals surface area contributed by atoms with Gasteiger partial charge in [-0.25, -0.2) is 0 Å². The first kappa shape index (κ1) is 19.7. The third-order valence-electron chi connectivity index (χ3n) is 5.57. The lowest BCUT2D eigenvalue weighted by molar-refractivity contribution is -0.120. The van der Waals surface area contributed by atoms with Gasteiger partial charge >= 0.3 is 0 Å². The summed E-state index contributed by atoms with van der Waals surface area (Å²) in [6.07, 6.45) is 9.05. The Morgan fingerprint density at radius 3 is 2.56 bits per heavy atom. The van der Waals surface area contributed by atoms with E-state index in [4.69, 9.17) is 0 Å². The Bertz CT molecular complexity index is 664. The average molecular weight is 372 g/mol. The number of amides is 2. The van der Waals surface area contributed by atoms with Crippen LogP contribution in [0.3, 0.4) is 0 Å². The van der Waals surface area contributed by atoms with Crippen molar-refractivity contribution < 1.29 is 9.59 Å². The highest BCUT2D eigenvalue weighted by molar-refractivity contribution is 5.97. The normalized spacial score (nSPS) is 18.0. The van der Waals surface area contributed by atoms with Crippen LogP contribution in [-0.4, -0.2) is 37.0 Å². The summed E-state index contributed by atoms with van der Waals surface area (Å²) >= 11 is 0. The van der Waals surface area contributed by atoms with Gasteiger partial charge in [0.05, 0.1) is 6.54 Å². The molecule has 1 heterocycles. The number of benzene rings is 1. The van der Waals surface area contributed by atoms with E-state index in [1.54, 1.807) is 0 Å². The Morgan fingerprint density at radius 1 is 1.11 bits per heavy atom. The van der Waals surface area contributed by atoms with Crippen molar-refractivity contribution in [1.29, 1.82) is 0 Å². The van der Waals surface area contributed by atoms with E-state index >= 15 is 0 Å². The maximum absolute atomic E-state index is 12.6. The van der Waals surface area contributed by atoms with Crippen LogP contribution in [0, 0.1) is 0 Å². The first-order valence-electron chi connectivity index (χ1n) is 10.5. The molecule has 148 valence electrons. The first-order chi connectivity index (χ1) is 13.0. The average Bonchev–Trinajstić information content (AvgIpc) is 2.89. The summed E-state index contributed by atoms with van der Waals surface area (Å²) in [5.74, 6) is 0.0818. The van der Waals surface area contributed by atoms with Crippen molar-refractivity contribution in [3.63, 3.8) is 0 Å². The van der Waals surface area contributed by atoms with E-state index in [1.807, 2.05) is 32.0 Å². The second-order valence-electron chi connectivity index (χ2n) is 8.21. The summed E-state index contributed by atoms with van der Waals surface area (Å²) in [4.78, 5) is 27.3. The van der Waals surface area contributed by atoms with Crippen LogP contribution in [0.15, 0.2) is 18.2 Å². The van der Waals surface area contributed by atoms with E-state index < -0.39 is 0 Å². The van der Waals surface area contributed by atoms with Crippen LogP contribution in [0.2, 0.25) is 0 Å². The molecule has 2 aliphatic rings. The number of anilines is 1. The number of fused-ring (bicyclic) bond motifs is 1. The molecule has 1 aromatic rings. The van der Waals surface area contributed by atoms with Crippen LogP contribution in [0.1, 0.15) is 74.7 Å². The molecule has 2 N–H and O–H groups in total. The molecule has 0 unspecified atom stereocenters. The van der Waals surface area contributed by atoms with Crippen molar-refractivity contribution in [3.05, 3.63) is 29.3 Å². The Kier molecular flexibility index (Phi) is 6.75. The highest BCUT2D eigenvalue weighted by Gasteiger charge is 2.24. The zero-order chi connectivity index (χ0) is 19.2. The lowest BCUT2D eigenvalue weighted by atomic mass is 9.95. The third-order valence-corrected chi connectivity index (χ3v) is 5.57. The van der Waals surface area contributed by atoms with E-state index in [1.165, 1.54) is 25.7 Å². The molecule has 1 aromatic carbocycles. The summed E-state index contributed by atoms with van der Waals surface area (Å²) in [5.41, 5.74) is 2.85. The maximum Gasteiger partial charge on any atom is 0.251 e. The predicted molar refractivity (Wildman–Crippen MR) is 109 cm³/mol. The van der Waals surface area contributed by atoms with Gasteiger partial charge < -0.3 is 15.5 Å². The van der Waals surface area contributed by atoms with Gasteiger partial charge in [-0.2, -0.15) is 0 Å². The molecule has 0 spiro atoms. The molecule has 5 nitrogen and oxygen atoms in total. The Balaban J connectivity index is 1.68. The van der Waals surface area contributed by atoms with Crippen LogP contribution >= 0.6 is 0 Å². The fourth-order valence-corrected chi connectivity index (χ4v) is 4.29. The molecule has 27 heavy (non-hydrogen) atoms. The summed E-state index contributed by atoms with van der Waals surface area (Å²) in [5, 5.41) is 6.23. The predicted octanol–water partition coefficient (Wildman–Crippen LogP) is 3.42. The lowest BCUT2D eigenvalue weighted by Crippen LogP contribution is -2.44. The first-order valence-corrected chi connectivity index (χ1v) is 10.5. The Hall–Kier alpha value is -2.04. The molecule has 1 aliphatic heterocycles. The van der Waals surface area contributed by atoms with Crippen molar-refractivity contribution in [2.24, 2.45) is 0 Å². The molecule has 0 aromatic heterocycles. The highest BCUT2D eigenvalue weighted by Crippen LogP contribution is 2.30. The van der Waals surface area contributed by atoms with Gasteiger partial charge in [-0.3, -0.25) is 9.59 Å². The molecule has 0 saturated heterocycles. The topological polar surface area (TPSA) is 61.4 Å². The molecule has 1 aliphatic carbocycles. The largest absolute Gasteiger partial charge is 0.362 e. The van der Waals surface area contributed by atoms with Crippen LogP contribution in [0.5, 0.6) is 0 Å². The quantitative estimate of drug-likeness (QED) is 0.780. The van der Waals surface area contributed by atoms with Crippen molar-refractivity contribution in [2.75, 3.05) is 18.0 Å². The number of rotatable bonds is 5. The van der Waals surface area contributed by atoms with Crippen LogP contribution in [-0.2, 0) is 11.2 Å². The molecule has 5 heteroatoms. The molecule has 1 saturated carbocycles. The monoisotopic (exact) mass is 371 g/mol. The van der Waals surface area contributed by atoms with Gasteiger partial charge in [-0.1, -0.05) is 31.7 Å². The summed E-state index contributed by atoms with van der Waals surface area (Å²) < 4.78 is 0. The summed E-state index contributed by atoms with van der Waals surface area (Å²) in [7, 11) is 0. The number of carbonyl (C=O) groups excluding carboxylic acids is 2. The molecule has 3 rings (SSSR count). The molecular formula is C22H33N3O2. The van der Waals surface area contributed by atoms with Gasteiger partial charge in [0.2, 0.25) is 5.91 Å². The van der Waals surface area contributed by atoms with Crippen LogP contribution in [0.4, 0.5) is 5.69 Å². The number of nitrogens with zero attached hydrogens (tertiary/aromatic N) is 1. The van der Waals surface area contributed by atoms with Gasteiger partial charge in [0.1, 0.15) is 0 Å². The second kappa shape index (κ2) is 9.25. The molecule has 2 amide bonds. The van der Waals surface area contributed by atoms with Gasteiger partial charge in [-0.15, -0.1) is 0 Å². The van der Waals surface area contributed by atoms with E-state index in [2.05, 4.69) is 15.5 Å². The number of nitrogens with one attached hydrogen (secondary N) is 2. The fraction of sp³-hybridized carbons (Fsp3) is 0.636. The Morgan fingerprint density at radius 2 is 1.85 bits per heavy atom. The minimum atomic E-state index is -0.0217. The van der Waals surface area contributed by atoms with E-state index in [9.17, 15) is 9.59 Å². The van der Waals surface area contributed by atoms with Gasteiger partial charge in [0.15, 0.2) is 0 Å². The molecular weight excluding hydrogens is 338 g/mol. The van der Waals surface area contributed by atoms with Crippen molar-refractivity contribution in [1.82, 2.24) is 10.6 Å². The summed E-state index contributed by atoms with van der Waals surface area (Å²) in [6, 6.07) is 6.30. The van der Waals surface area contributed by atoms with Crippen LogP contribution in [0.25, 0.3) is 0 Å². The number of carbonyl (C=O) groups is 2. The third kappa shape index (κ3) is 5.24. The van der Waals surface area contributed by atoms with E-state index in [-0.39, 0.29) is 17.9 Å². The minimum absolute atomic E-state index is 0.0217. The van der Waals surface area contributed by atoms with Gasteiger partial charge in [0.25, 0.3) is 5.91 Å². The highest BCUT2D eigenvalue weighted by atomic mass is 16.2. The van der Waals surface area contributed by atoms with E-state index in [0.717, 1.165) is 49.0 Å². The standard InChI is InChI=1S/C22H33N3O2/c1-16(2)23-22(27)19-11-7-13-20-18(19)12-8-14-25(20)15-21(26)24-17-9-5-3-4-6-10-17/h7,11,13,16-17H,3-6,8-10,12,14-15H2,1-2H3,(H,23,27)(H,24,26). The Labute approximate surface area is 162 Å². The SMILES string of the molecule is CC(C)NC(=O)c1cccc2c1CCCN2CC(=O)NC1CCCCCC1. The fourth-order valence-electron chi connectivity index (χ4n) is 4.29. The van der Waals surface area contributed by atoms with Crippen molar-refractivity contribution in [2.45, 2.75) is 77.3 Å². The minimum Gasteiger partial charge on any atom is -0.362 e. The zero-order valence-corrected chi connectivity index (χ0v) is 16.7. The maximum atomic E-state index is 12.6. The zero-order valence-electron chi connectivity index (χ0n) is 16.7. The molecule has 0 radical (unpaired) electrons. The smallest absolute Gasteiger partial charge is 0.251 e. The number of hydrogen-bond acceptors (Lipinski definition) is 3. The van der Waals surface area contributed by atoms with Crippen LogP contribution < -0.4 is 15.5 Å². The second-order valence-corrected chi connectivity index (χ2v) is 8.21. The van der Waals surface area contributed by atoms with Gasteiger partial charge in [-0.05, 0) is 57.2 Å².